The molecule has 0 bridgehead atoms. The molecule has 1 aromatic rings. The fourth-order valence-corrected chi connectivity index (χ4v) is 1.94. The molecule has 0 saturated heterocycles. The molecule has 0 atom stereocenters. The molecule has 8 heteroatoms. The number of hydrogen-bond donors (Lipinski definition) is 2. The number of rotatable bonds is 5. The van der Waals surface area contributed by atoms with E-state index in [0.29, 0.717) is 0 Å². The lowest BCUT2D eigenvalue weighted by atomic mass is 10.1. The van der Waals surface area contributed by atoms with E-state index in [9.17, 15) is 13.6 Å². The molecule has 1 amide bonds. The van der Waals surface area contributed by atoms with Gasteiger partial charge >= 0.3 is 0 Å². The molecule has 3 N–H and O–H groups in total. The van der Waals surface area contributed by atoms with Crippen molar-refractivity contribution >= 4 is 34.8 Å². The van der Waals surface area contributed by atoms with Gasteiger partial charge in [-0.25, -0.2) is 8.78 Å². The lowest BCUT2D eigenvalue weighted by molar-refractivity contribution is 0.0509. The Morgan fingerprint density at radius 1 is 1.37 bits per heavy atom. The van der Waals surface area contributed by atoms with E-state index in [1.54, 1.807) is 0 Å². The van der Waals surface area contributed by atoms with Crippen LogP contribution in [0.1, 0.15) is 10.4 Å². The monoisotopic (exact) mass is 312 g/mol. The third-order valence-electron chi connectivity index (χ3n) is 2.34. The summed E-state index contributed by atoms with van der Waals surface area (Å²) < 4.78 is 24.7. The quantitative estimate of drug-likeness (QED) is 0.820. The van der Waals surface area contributed by atoms with Crippen LogP contribution in [0.4, 0.5) is 14.5 Å². The number of carbonyl (C=O) groups excluding carboxylic acids is 1. The number of anilines is 1. The largest absolute Gasteiger partial charge is 0.396 e. The van der Waals surface area contributed by atoms with Gasteiger partial charge in [-0.3, -0.25) is 4.79 Å². The number of nitrogen functional groups attached to an aromatic ring is 1. The van der Waals surface area contributed by atoms with Crippen LogP contribution in [0, 0.1) is 0 Å². The lowest BCUT2D eigenvalue weighted by Gasteiger charge is -2.21. The highest BCUT2D eigenvalue weighted by Gasteiger charge is 2.20. The van der Waals surface area contributed by atoms with Gasteiger partial charge in [-0.05, 0) is 12.1 Å². The molecule has 0 aliphatic rings. The zero-order valence-electron chi connectivity index (χ0n) is 9.75. The molecule has 106 valence electrons. The Morgan fingerprint density at radius 2 is 1.89 bits per heavy atom. The lowest BCUT2D eigenvalue weighted by Crippen LogP contribution is -2.37. The Balaban J connectivity index is 3.02. The van der Waals surface area contributed by atoms with Crippen LogP contribution in [-0.2, 0) is 0 Å². The number of carbonyl (C=O) groups is 1. The number of nitrogens with two attached hydrogens (primary N) is 1. The van der Waals surface area contributed by atoms with Crippen LogP contribution >= 0.6 is 23.2 Å². The second kappa shape index (κ2) is 6.88. The van der Waals surface area contributed by atoms with Crippen LogP contribution in [0.2, 0.25) is 10.0 Å². The molecule has 0 aliphatic heterocycles. The van der Waals surface area contributed by atoms with Crippen molar-refractivity contribution in [1.82, 2.24) is 4.90 Å². The summed E-state index contributed by atoms with van der Waals surface area (Å²) in [6, 6.07) is 2.50. The summed E-state index contributed by atoms with van der Waals surface area (Å²) in [6.07, 6.45) is -2.70. The third-order valence-corrected chi connectivity index (χ3v) is 2.97. The molecule has 0 fully saturated rings. The number of alkyl halides is 2. The summed E-state index contributed by atoms with van der Waals surface area (Å²) in [5.74, 6) is -0.696. The zero-order valence-corrected chi connectivity index (χ0v) is 11.3. The predicted molar refractivity (Wildman–Crippen MR) is 69.9 cm³/mol. The molecule has 0 saturated carbocycles. The number of amides is 1. The maximum atomic E-state index is 12.4. The van der Waals surface area contributed by atoms with E-state index in [1.165, 1.54) is 12.1 Å². The first-order chi connectivity index (χ1) is 8.86. The van der Waals surface area contributed by atoms with Crippen LogP contribution in [0.5, 0.6) is 0 Å². The average Bonchev–Trinajstić information content (AvgIpc) is 2.33. The fourth-order valence-electron chi connectivity index (χ4n) is 1.45. The van der Waals surface area contributed by atoms with Gasteiger partial charge in [0.2, 0.25) is 0 Å². The van der Waals surface area contributed by atoms with Gasteiger partial charge in [-0.1, -0.05) is 23.2 Å². The topological polar surface area (TPSA) is 66.6 Å². The van der Waals surface area contributed by atoms with E-state index in [-0.39, 0.29) is 27.8 Å². The minimum Gasteiger partial charge on any atom is -0.396 e. The zero-order chi connectivity index (χ0) is 14.6. The Morgan fingerprint density at radius 3 is 2.32 bits per heavy atom. The maximum absolute atomic E-state index is 12.4. The first-order valence-electron chi connectivity index (χ1n) is 5.29. The van der Waals surface area contributed by atoms with Gasteiger partial charge < -0.3 is 15.7 Å². The van der Waals surface area contributed by atoms with Crippen LogP contribution in [0.15, 0.2) is 12.1 Å². The maximum Gasteiger partial charge on any atom is 0.255 e. The molecule has 0 unspecified atom stereocenters. The van der Waals surface area contributed by atoms with E-state index in [0.717, 1.165) is 4.90 Å². The molecule has 4 nitrogen and oxygen atoms in total. The summed E-state index contributed by atoms with van der Waals surface area (Å²) in [5.41, 5.74) is 5.67. The summed E-state index contributed by atoms with van der Waals surface area (Å²) in [4.78, 5) is 12.8. The Hall–Kier alpha value is -1.11. The van der Waals surface area contributed by atoms with E-state index < -0.39 is 25.5 Å². The minimum absolute atomic E-state index is 0.0401. The fraction of sp³-hybridized carbons (Fsp3) is 0.364. The molecule has 1 rings (SSSR count). The molecule has 0 aromatic heterocycles. The SMILES string of the molecule is Nc1c(Cl)cc(C(=O)N(CCO)CC(F)F)cc1Cl. The highest BCUT2D eigenvalue weighted by Crippen LogP contribution is 2.29. The highest BCUT2D eigenvalue weighted by atomic mass is 35.5. The van der Waals surface area contributed by atoms with Crippen LogP contribution in [-0.4, -0.2) is 42.0 Å². The Kier molecular flexibility index (Phi) is 5.78. The summed E-state index contributed by atoms with van der Waals surface area (Å²) in [6.45, 7) is -1.41. The number of aliphatic hydroxyl groups is 1. The van der Waals surface area contributed by atoms with Gasteiger partial charge in [0, 0.05) is 12.1 Å². The average molecular weight is 313 g/mol. The number of nitrogens with zero attached hydrogens (tertiary/aromatic N) is 1. The van der Waals surface area contributed by atoms with E-state index >= 15 is 0 Å². The highest BCUT2D eigenvalue weighted by molar-refractivity contribution is 6.39. The minimum atomic E-state index is -2.70. The van der Waals surface area contributed by atoms with Gasteiger partial charge in [0.15, 0.2) is 0 Å². The molecule has 19 heavy (non-hydrogen) atoms. The number of aliphatic hydroxyl groups excluding tert-OH is 1. The Bertz CT molecular complexity index is 449. The van der Waals surface area contributed by atoms with E-state index in [1.807, 2.05) is 0 Å². The van der Waals surface area contributed by atoms with E-state index in [4.69, 9.17) is 34.0 Å². The van der Waals surface area contributed by atoms with Gasteiger partial charge in [0.1, 0.15) is 0 Å². The smallest absolute Gasteiger partial charge is 0.255 e. The van der Waals surface area contributed by atoms with Crippen LogP contribution in [0.3, 0.4) is 0 Å². The molecular weight excluding hydrogens is 301 g/mol. The van der Waals surface area contributed by atoms with Crippen molar-refractivity contribution in [2.45, 2.75) is 6.43 Å². The molecule has 0 spiro atoms. The normalized spacial score (nSPS) is 10.8. The van der Waals surface area contributed by atoms with Crippen molar-refractivity contribution in [3.8, 4) is 0 Å². The summed E-state index contributed by atoms with van der Waals surface area (Å²) in [5, 5.41) is 8.92. The van der Waals surface area contributed by atoms with Crippen molar-refractivity contribution in [1.29, 1.82) is 0 Å². The van der Waals surface area contributed by atoms with Gasteiger partial charge in [-0.15, -0.1) is 0 Å². The van der Waals surface area contributed by atoms with Crippen molar-refractivity contribution in [3.63, 3.8) is 0 Å². The number of benzene rings is 1. The second-order valence-electron chi connectivity index (χ2n) is 3.72. The predicted octanol–water partition coefficient (Wildman–Crippen LogP) is 2.28. The summed E-state index contributed by atoms with van der Waals surface area (Å²) >= 11 is 11.5. The number of hydrogen-bond acceptors (Lipinski definition) is 3. The standard InChI is InChI=1S/C11H12Cl2F2N2O2/c12-7-3-6(4-8(13)10(7)16)11(19)17(1-2-18)5-9(14)15/h3-4,9,18H,1-2,5,16H2. The third kappa shape index (κ3) is 4.19. The van der Waals surface area contributed by atoms with E-state index in [2.05, 4.69) is 0 Å². The summed E-state index contributed by atoms with van der Waals surface area (Å²) in [7, 11) is 0. The van der Waals surface area contributed by atoms with Crippen molar-refractivity contribution in [3.05, 3.63) is 27.7 Å². The van der Waals surface area contributed by atoms with Crippen LogP contribution in [0.25, 0.3) is 0 Å². The first-order valence-corrected chi connectivity index (χ1v) is 6.05. The molecule has 1 aromatic carbocycles. The molecule has 0 heterocycles. The first kappa shape index (κ1) is 15.9. The number of halogens is 4. The van der Waals surface area contributed by atoms with Crippen LogP contribution < -0.4 is 5.73 Å². The van der Waals surface area contributed by atoms with Crippen molar-refractivity contribution in [2.75, 3.05) is 25.4 Å². The molecule has 0 radical (unpaired) electrons. The second-order valence-corrected chi connectivity index (χ2v) is 4.53. The Labute approximate surface area is 118 Å². The van der Waals surface area contributed by atoms with Gasteiger partial charge in [0.05, 0.1) is 28.9 Å². The van der Waals surface area contributed by atoms with Gasteiger partial charge in [-0.2, -0.15) is 0 Å². The van der Waals surface area contributed by atoms with Crippen molar-refractivity contribution in [2.24, 2.45) is 0 Å². The van der Waals surface area contributed by atoms with Gasteiger partial charge in [0.25, 0.3) is 12.3 Å². The van der Waals surface area contributed by atoms with Crippen molar-refractivity contribution < 1.29 is 18.7 Å². The molecule has 0 aliphatic carbocycles. The molecular formula is C11H12Cl2F2N2O2.